The number of benzene rings is 1. The lowest BCUT2D eigenvalue weighted by atomic mass is 10.1. The Bertz CT molecular complexity index is 560. The molecule has 1 aromatic heterocycles. The lowest BCUT2D eigenvalue weighted by Gasteiger charge is -2.12. The maximum atomic E-state index is 11.9. The first-order chi connectivity index (χ1) is 9.74. The Morgan fingerprint density at radius 3 is 2.80 bits per heavy atom. The van der Waals surface area contributed by atoms with E-state index in [4.69, 9.17) is 4.74 Å². The SMILES string of the molecule is CCNc1nnc(SC(C(=O)OC)c2ccccc2)s1. The van der Waals surface area contributed by atoms with E-state index in [9.17, 15) is 4.79 Å². The summed E-state index contributed by atoms with van der Waals surface area (Å²) in [5, 5.41) is 11.5. The summed E-state index contributed by atoms with van der Waals surface area (Å²) in [5.74, 6) is -0.290. The van der Waals surface area contributed by atoms with Crippen molar-refractivity contribution in [1.82, 2.24) is 10.2 Å². The first kappa shape index (κ1) is 14.8. The third kappa shape index (κ3) is 3.71. The first-order valence-electron chi connectivity index (χ1n) is 6.11. The lowest BCUT2D eigenvalue weighted by Crippen LogP contribution is -2.10. The summed E-state index contributed by atoms with van der Waals surface area (Å²) in [6.07, 6.45) is 0. The van der Waals surface area contributed by atoms with Crippen LogP contribution in [0.15, 0.2) is 34.7 Å². The van der Waals surface area contributed by atoms with Gasteiger partial charge in [0.1, 0.15) is 5.25 Å². The molecule has 0 saturated heterocycles. The number of anilines is 1. The van der Waals surface area contributed by atoms with E-state index in [1.807, 2.05) is 37.3 Å². The van der Waals surface area contributed by atoms with Gasteiger partial charge >= 0.3 is 5.97 Å². The summed E-state index contributed by atoms with van der Waals surface area (Å²) in [6, 6.07) is 9.52. The van der Waals surface area contributed by atoms with Crippen molar-refractivity contribution in [3.05, 3.63) is 35.9 Å². The van der Waals surface area contributed by atoms with Crippen LogP contribution in [0.25, 0.3) is 0 Å². The van der Waals surface area contributed by atoms with E-state index < -0.39 is 5.25 Å². The van der Waals surface area contributed by atoms with Gasteiger partial charge in [0.05, 0.1) is 7.11 Å². The van der Waals surface area contributed by atoms with E-state index in [1.165, 1.54) is 30.2 Å². The number of esters is 1. The highest BCUT2D eigenvalue weighted by Gasteiger charge is 2.24. The summed E-state index contributed by atoms with van der Waals surface area (Å²) < 4.78 is 5.61. The highest BCUT2D eigenvalue weighted by atomic mass is 32.2. The van der Waals surface area contributed by atoms with E-state index >= 15 is 0 Å². The van der Waals surface area contributed by atoms with E-state index in [1.54, 1.807) is 0 Å². The molecule has 0 aliphatic heterocycles. The van der Waals surface area contributed by atoms with Crippen LogP contribution in [0.5, 0.6) is 0 Å². The number of nitrogens with one attached hydrogen (secondary N) is 1. The second-order valence-electron chi connectivity index (χ2n) is 3.84. The van der Waals surface area contributed by atoms with Crippen molar-refractivity contribution in [2.75, 3.05) is 19.0 Å². The topological polar surface area (TPSA) is 64.1 Å². The lowest BCUT2D eigenvalue weighted by molar-refractivity contribution is -0.140. The fraction of sp³-hybridized carbons (Fsp3) is 0.308. The number of aromatic nitrogens is 2. The monoisotopic (exact) mass is 309 g/mol. The van der Waals surface area contributed by atoms with Crippen LogP contribution in [0.2, 0.25) is 0 Å². The second kappa shape index (κ2) is 7.25. The van der Waals surface area contributed by atoms with Crippen LogP contribution >= 0.6 is 23.1 Å². The molecule has 0 fully saturated rings. The molecule has 0 bridgehead atoms. The minimum atomic E-state index is -0.427. The highest BCUT2D eigenvalue weighted by molar-refractivity contribution is 8.01. The minimum Gasteiger partial charge on any atom is -0.468 e. The molecule has 0 radical (unpaired) electrons. The van der Waals surface area contributed by atoms with Crippen LogP contribution in [0, 0.1) is 0 Å². The number of hydrogen-bond donors (Lipinski definition) is 1. The van der Waals surface area contributed by atoms with Crippen LogP contribution in [0.4, 0.5) is 5.13 Å². The van der Waals surface area contributed by atoms with Gasteiger partial charge in [-0.2, -0.15) is 0 Å². The van der Waals surface area contributed by atoms with E-state index in [-0.39, 0.29) is 5.97 Å². The third-order valence-corrected chi connectivity index (χ3v) is 4.67. The number of ether oxygens (including phenoxy) is 1. The van der Waals surface area contributed by atoms with Gasteiger partial charge in [-0.25, -0.2) is 0 Å². The number of methoxy groups -OCH3 is 1. The molecule has 0 aliphatic rings. The summed E-state index contributed by atoms with van der Waals surface area (Å²) in [7, 11) is 1.39. The molecule has 0 saturated carbocycles. The van der Waals surface area contributed by atoms with Gasteiger partial charge in [-0.05, 0) is 12.5 Å². The van der Waals surface area contributed by atoms with Gasteiger partial charge in [-0.3, -0.25) is 4.79 Å². The van der Waals surface area contributed by atoms with E-state index in [2.05, 4.69) is 15.5 Å². The minimum absolute atomic E-state index is 0.290. The maximum absolute atomic E-state index is 11.9. The predicted molar refractivity (Wildman–Crippen MR) is 81.1 cm³/mol. The zero-order valence-electron chi connectivity index (χ0n) is 11.2. The van der Waals surface area contributed by atoms with Crippen LogP contribution in [-0.4, -0.2) is 29.8 Å². The molecule has 0 aliphatic carbocycles. The number of carbonyl (C=O) groups excluding carboxylic acids is 1. The second-order valence-corrected chi connectivity index (χ2v) is 6.16. The standard InChI is InChI=1S/C13H15N3O2S2/c1-3-14-12-15-16-13(20-12)19-10(11(17)18-2)9-7-5-4-6-8-9/h4-8,10H,3H2,1-2H3,(H,14,15). The van der Waals surface area contributed by atoms with Crippen molar-refractivity contribution in [2.24, 2.45) is 0 Å². The molecular weight excluding hydrogens is 294 g/mol. The van der Waals surface area contributed by atoms with Gasteiger partial charge in [0, 0.05) is 6.54 Å². The maximum Gasteiger partial charge on any atom is 0.323 e. The molecular formula is C13H15N3O2S2. The molecule has 1 aromatic carbocycles. The van der Waals surface area contributed by atoms with Gasteiger partial charge < -0.3 is 10.1 Å². The van der Waals surface area contributed by atoms with Crippen LogP contribution in [-0.2, 0) is 9.53 Å². The molecule has 1 N–H and O–H groups in total. The number of nitrogens with zero attached hydrogens (tertiary/aromatic N) is 2. The smallest absolute Gasteiger partial charge is 0.323 e. The Morgan fingerprint density at radius 2 is 2.15 bits per heavy atom. The number of hydrogen-bond acceptors (Lipinski definition) is 7. The quantitative estimate of drug-likeness (QED) is 0.654. The van der Waals surface area contributed by atoms with Crippen molar-refractivity contribution in [3.63, 3.8) is 0 Å². The normalized spacial score (nSPS) is 11.9. The van der Waals surface area contributed by atoms with Gasteiger partial charge in [-0.15, -0.1) is 10.2 Å². The molecule has 1 atom stereocenters. The highest BCUT2D eigenvalue weighted by Crippen LogP contribution is 2.38. The number of carbonyl (C=O) groups is 1. The largest absolute Gasteiger partial charge is 0.468 e. The van der Waals surface area contributed by atoms with Crippen molar-refractivity contribution in [1.29, 1.82) is 0 Å². The van der Waals surface area contributed by atoms with Crippen LogP contribution in [0.1, 0.15) is 17.7 Å². The van der Waals surface area contributed by atoms with Gasteiger partial charge in [-0.1, -0.05) is 53.4 Å². The number of rotatable bonds is 6. The molecule has 2 rings (SSSR count). The molecule has 7 heteroatoms. The van der Waals surface area contributed by atoms with Crippen LogP contribution in [0.3, 0.4) is 0 Å². The van der Waals surface area contributed by atoms with Gasteiger partial charge in [0.15, 0.2) is 4.34 Å². The Labute approximate surface area is 125 Å². The molecule has 2 aromatic rings. The Morgan fingerprint density at radius 1 is 1.40 bits per heavy atom. The summed E-state index contributed by atoms with van der Waals surface area (Å²) in [5.41, 5.74) is 0.893. The zero-order valence-corrected chi connectivity index (χ0v) is 12.8. The third-order valence-electron chi connectivity index (χ3n) is 2.47. The Kier molecular flexibility index (Phi) is 5.37. The molecule has 1 heterocycles. The van der Waals surface area contributed by atoms with Crippen molar-refractivity contribution in [2.45, 2.75) is 16.5 Å². The first-order valence-corrected chi connectivity index (χ1v) is 7.81. The predicted octanol–water partition coefficient (Wildman–Crippen LogP) is 2.98. The molecule has 0 amide bonds. The van der Waals surface area contributed by atoms with Gasteiger partial charge in [0.2, 0.25) is 5.13 Å². The van der Waals surface area contributed by atoms with Crippen molar-refractivity contribution >= 4 is 34.2 Å². The van der Waals surface area contributed by atoms with Crippen LogP contribution < -0.4 is 5.32 Å². The summed E-state index contributed by atoms with van der Waals surface area (Å²) >= 11 is 2.78. The van der Waals surface area contributed by atoms with Crippen molar-refractivity contribution < 1.29 is 9.53 Å². The molecule has 106 valence electrons. The molecule has 20 heavy (non-hydrogen) atoms. The van der Waals surface area contributed by atoms with E-state index in [0.717, 1.165) is 21.6 Å². The summed E-state index contributed by atoms with van der Waals surface area (Å²) in [4.78, 5) is 11.9. The summed E-state index contributed by atoms with van der Waals surface area (Å²) in [6.45, 7) is 2.79. The average molecular weight is 309 g/mol. The fourth-order valence-electron chi connectivity index (χ4n) is 1.57. The number of thioether (sulfide) groups is 1. The molecule has 0 spiro atoms. The fourth-order valence-corrected chi connectivity index (χ4v) is 3.61. The van der Waals surface area contributed by atoms with Crippen molar-refractivity contribution in [3.8, 4) is 0 Å². The Balaban J connectivity index is 2.17. The van der Waals surface area contributed by atoms with Gasteiger partial charge in [0.25, 0.3) is 0 Å². The van der Waals surface area contributed by atoms with E-state index in [0.29, 0.717) is 0 Å². The molecule has 1 unspecified atom stereocenters. The average Bonchev–Trinajstić information content (AvgIpc) is 2.93. The Hall–Kier alpha value is -1.60. The zero-order chi connectivity index (χ0) is 14.4. The molecule has 5 nitrogen and oxygen atoms in total.